The topological polar surface area (TPSA) is 59.1 Å². The Morgan fingerprint density at radius 1 is 0.897 bits per heavy atom. The van der Waals surface area contributed by atoms with Crippen molar-refractivity contribution in [3.63, 3.8) is 0 Å². The third-order valence-electron chi connectivity index (χ3n) is 4.76. The predicted molar refractivity (Wildman–Crippen MR) is 102 cm³/mol. The summed E-state index contributed by atoms with van der Waals surface area (Å²) in [6.07, 6.45) is 0.168. The fourth-order valence-electron chi connectivity index (χ4n) is 3.15. The summed E-state index contributed by atoms with van der Waals surface area (Å²) in [5.74, 6) is 0.603. The second-order valence-corrected chi connectivity index (χ2v) is 6.60. The molecule has 1 saturated heterocycles. The van der Waals surface area contributed by atoms with Crippen molar-refractivity contribution in [3.8, 4) is 11.5 Å². The molecule has 1 heterocycles. The smallest absolute Gasteiger partial charge is 0.387 e. The molecule has 29 heavy (non-hydrogen) atoms. The fraction of sp³-hybridized carbons (Fsp3) is 0.333. The highest BCUT2D eigenvalue weighted by atomic mass is 19.3. The van der Waals surface area contributed by atoms with E-state index in [-0.39, 0.29) is 24.0 Å². The van der Waals surface area contributed by atoms with Gasteiger partial charge in [0.2, 0.25) is 5.91 Å². The van der Waals surface area contributed by atoms with E-state index in [2.05, 4.69) is 4.74 Å². The molecule has 2 aromatic carbocycles. The number of hydrogen-bond acceptors (Lipinski definition) is 4. The number of halogens is 2. The first-order chi connectivity index (χ1) is 14.0. The van der Waals surface area contributed by atoms with Crippen LogP contribution >= 0.6 is 0 Å². The van der Waals surface area contributed by atoms with Crippen LogP contribution in [0.15, 0.2) is 48.5 Å². The maximum absolute atomic E-state index is 12.6. The van der Waals surface area contributed by atoms with Gasteiger partial charge >= 0.3 is 6.61 Å². The number of amides is 2. The highest BCUT2D eigenvalue weighted by Crippen LogP contribution is 2.17. The molecule has 0 aliphatic carbocycles. The van der Waals surface area contributed by atoms with E-state index >= 15 is 0 Å². The van der Waals surface area contributed by atoms with Gasteiger partial charge in [0, 0.05) is 31.7 Å². The number of carbonyl (C=O) groups is 2. The van der Waals surface area contributed by atoms with E-state index in [4.69, 9.17) is 4.74 Å². The van der Waals surface area contributed by atoms with Crippen molar-refractivity contribution in [1.82, 2.24) is 9.80 Å². The van der Waals surface area contributed by atoms with E-state index in [1.54, 1.807) is 53.3 Å². The van der Waals surface area contributed by atoms with E-state index in [1.807, 2.05) is 0 Å². The quantitative estimate of drug-likeness (QED) is 0.743. The van der Waals surface area contributed by atoms with Crippen molar-refractivity contribution < 1.29 is 27.8 Å². The van der Waals surface area contributed by atoms with Gasteiger partial charge in [0.15, 0.2) is 0 Å². The maximum atomic E-state index is 12.6. The molecule has 1 aliphatic rings. The Morgan fingerprint density at radius 2 is 1.45 bits per heavy atom. The van der Waals surface area contributed by atoms with Gasteiger partial charge in [-0.3, -0.25) is 9.59 Å². The molecule has 1 aliphatic heterocycles. The molecular weight excluding hydrogens is 382 g/mol. The molecule has 0 N–H and O–H groups in total. The van der Waals surface area contributed by atoms with Gasteiger partial charge in [-0.2, -0.15) is 8.78 Å². The van der Waals surface area contributed by atoms with Crippen molar-refractivity contribution >= 4 is 11.8 Å². The van der Waals surface area contributed by atoms with Crippen LogP contribution in [0.5, 0.6) is 11.5 Å². The van der Waals surface area contributed by atoms with E-state index in [1.165, 1.54) is 12.1 Å². The Morgan fingerprint density at radius 3 is 2.00 bits per heavy atom. The van der Waals surface area contributed by atoms with Gasteiger partial charge in [-0.05, 0) is 42.0 Å². The summed E-state index contributed by atoms with van der Waals surface area (Å²) in [6, 6.07) is 13.0. The van der Waals surface area contributed by atoms with Gasteiger partial charge in [-0.1, -0.05) is 12.1 Å². The molecule has 6 nitrogen and oxygen atoms in total. The minimum absolute atomic E-state index is 0.0573. The Bertz CT molecular complexity index is 833. The Hall–Kier alpha value is -3.16. The average molecular weight is 404 g/mol. The zero-order chi connectivity index (χ0) is 20.8. The summed E-state index contributed by atoms with van der Waals surface area (Å²) >= 11 is 0. The van der Waals surface area contributed by atoms with Crippen LogP contribution in [-0.2, 0) is 11.2 Å². The van der Waals surface area contributed by atoms with E-state index in [0.717, 1.165) is 0 Å². The molecule has 0 unspecified atom stereocenters. The molecule has 0 radical (unpaired) electrons. The Labute approximate surface area is 167 Å². The van der Waals surface area contributed by atoms with Crippen LogP contribution < -0.4 is 9.47 Å². The number of rotatable bonds is 6. The van der Waals surface area contributed by atoms with Crippen LogP contribution in [0.3, 0.4) is 0 Å². The van der Waals surface area contributed by atoms with Gasteiger partial charge < -0.3 is 19.3 Å². The minimum atomic E-state index is -2.88. The number of alkyl halides is 2. The standard InChI is InChI=1S/C21H22F2N2O4/c1-28-17-8-4-16(5-9-17)20(27)25-12-10-24(11-13-25)19(26)14-15-2-6-18(7-3-15)29-21(22)23/h2-9,21H,10-14H2,1H3. The Balaban J connectivity index is 1.50. The number of ether oxygens (including phenoxy) is 2. The SMILES string of the molecule is COc1ccc(C(=O)N2CCN(C(=O)Cc3ccc(OC(F)F)cc3)CC2)cc1. The molecule has 0 bridgehead atoms. The number of methoxy groups -OCH3 is 1. The first-order valence-electron chi connectivity index (χ1n) is 9.21. The van der Waals surface area contributed by atoms with Gasteiger partial charge in [-0.15, -0.1) is 0 Å². The summed E-state index contributed by atoms with van der Waals surface area (Å²) in [7, 11) is 1.57. The monoisotopic (exact) mass is 404 g/mol. The lowest BCUT2D eigenvalue weighted by molar-refractivity contribution is -0.131. The number of hydrogen-bond donors (Lipinski definition) is 0. The molecule has 0 saturated carbocycles. The first-order valence-corrected chi connectivity index (χ1v) is 9.21. The maximum Gasteiger partial charge on any atom is 0.387 e. The molecule has 8 heteroatoms. The summed E-state index contributed by atoms with van der Waals surface area (Å²) < 4.78 is 33.8. The predicted octanol–water partition coefficient (Wildman–Crippen LogP) is 2.82. The van der Waals surface area contributed by atoms with Gasteiger partial charge in [0.1, 0.15) is 11.5 Å². The molecule has 0 aromatic heterocycles. The van der Waals surface area contributed by atoms with Crippen molar-refractivity contribution in [2.24, 2.45) is 0 Å². The third kappa shape index (κ3) is 5.43. The summed E-state index contributed by atoms with van der Waals surface area (Å²) in [5, 5.41) is 0. The van der Waals surface area contributed by atoms with E-state index in [9.17, 15) is 18.4 Å². The van der Waals surface area contributed by atoms with Crippen LogP contribution in [0, 0.1) is 0 Å². The second-order valence-electron chi connectivity index (χ2n) is 6.60. The molecule has 0 atom stereocenters. The van der Waals surface area contributed by atoms with Crippen molar-refractivity contribution in [1.29, 1.82) is 0 Å². The molecule has 1 fully saturated rings. The lowest BCUT2D eigenvalue weighted by Gasteiger charge is -2.35. The number of piperazine rings is 1. The fourth-order valence-corrected chi connectivity index (χ4v) is 3.15. The number of carbonyl (C=O) groups excluding carboxylic acids is 2. The van der Waals surface area contributed by atoms with E-state index in [0.29, 0.717) is 43.1 Å². The van der Waals surface area contributed by atoms with Crippen LogP contribution in [-0.4, -0.2) is 61.5 Å². The normalized spacial score (nSPS) is 14.1. The molecule has 2 aromatic rings. The highest BCUT2D eigenvalue weighted by Gasteiger charge is 2.25. The largest absolute Gasteiger partial charge is 0.497 e. The van der Waals surface area contributed by atoms with Crippen LogP contribution in [0.4, 0.5) is 8.78 Å². The highest BCUT2D eigenvalue weighted by molar-refractivity contribution is 5.94. The van der Waals surface area contributed by atoms with Crippen molar-refractivity contribution in [3.05, 3.63) is 59.7 Å². The second kappa shape index (κ2) is 9.36. The zero-order valence-electron chi connectivity index (χ0n) is 16.0. The van der Waals surface area contributed by atoms with Gasteiger partial charge in [-0.25, -0.2) is 0 Å². The van der Waals surface area contributed by atoms with Gasteiger partial charge in [0.05, 0.1) is 13.5 Å². The summed E-state index contributed by atoms with van der Waals surface area (Å²) in [6.45, 7) is -1.06. The van der Waals surface area contributed by atoms with E-state index < -0.39 is 6.61 Å². The Kier molecular flexibility index (Phi) is 6.64. The zero-order valence-corrected chi connectivity index (χ0v) is 16.0. The van der Waals surface area contributed by atoms with Crippen molar-refractivity contribution in [2.45, 2.75) is 13.0 Å². The van der Waals surface area contributed by atoms with Crippen molar-refractivity contribution in [2.75, 3.05) is 33.3 Å². The number of nitrogens with zero attached hydrogens (tertiary/aromatic N) is 2. The van der Waals surface area contributed by atoms with Crippen LogP contribution in [0.2, 0.25) is 0 Å². The first kappa shape index (κ1) is 20.6. The van der Waals surface area contributed by atoms with Crippen LogP contribution in [0.25, 0.3) is 0 Å². The lowest BCUT2D eigenvalue weighted by Crippen LogP contribution is -2.51. The minimum Gasteiger partial charge on any atom is -0.497 e. The molecule has 2 amide bonds. The summed E-state index contributed by atoms with van der Waals surface area (Å²) in [5.41, 5.74) is 1.30. The lowest BCUT2D eigenvalue weighted by atomic mass is 10.1. The third-order valence-corrected chi connectivity index (χ3v) is 4.76. The molecule has 0 spiro atoms. The molecular formula is C21H22F2N2O4. The molecule has 3 rings (SSSR count). The number of benzene rings is 2. The van der Waals surface area contributed by atoms with Gasteiger partial charge in [0.25, 0.3) is 5.91 Å². The molecule has 154 valence electrons. The van der Waals surface area contributed by atoms with Crippen LogP contribution in [0.1, 0.15) is 15.9 Å². The average Bonchev–Trinajstić information content (AvgIpc) is 2.74. The summed E-state index contributed by atoms with van der Waals surface area (Å²) in [4.78, 5) is 28.5.